The third kappa shape index (κ3) is 6.02. The van der Waals surface area contributed by atoms with E-state index in [1.54, 1.807) is 23.5 Å². The number of imidazole rings is 1. The highest BCUT2D eigenvalue weighted by molar-refractivity contribution is 7.89. The molecule has 0 saturated carbocycles. The number of hydrogen-bond donors (Lipinski definition) is 1. The second-order valence-corrected chi connectivity index (χ2v) is 10.9. The van der Waals surface area contributed by atoms with Crippen molar-refractivity contribution >= 4 is 27.0 Å². The summed E-state index contributed by atoms with van der Waals surface area (Å²) < 4.78 is 34.7. The fraction of sp³-hybridized carbons (Fsp3) is 0.462. The summed E-state index contributed by atoms with van der Waals surface area (Å²) in [6, 6.07) is 13.1. The van der Waals surface area contributed by atoms with Crippen molar-refractivity contribution < 1.29 is 17.9 Å². The molecule has 0 radical (unpaired) electrons. The van der Waals surface area contributed by atoms with E-state index in [1.165, 1.54) is 5.56 Å². The van der Waals surface area contributed by atoms with Crippen LogP contribution in [0.4, 0.5) is 0 Å². The Bertz CT molecular complexity index is 1260. The summed E-state index contributed by atoms with van der Waals surface area (Å²) in [5.41, 5.74) is 2.71. The Morgan fingerprint density at radius 3 is 2.51 bits per heavy atom. The van der Waals surface area contributed by atoms with Gasteiger partial charge in [0.2, 0.25) is 15.9 Å². The van der Waals surface area contributed by atoms with Crippen LogP contribution in [0, 0.1) is 0 Å². The Labute approximate surface area is 207 Å². The van der Waals surface area contributed by atoms with Crippen LogP contribution in [0.25, 0.3) is 11.0 Å². The number of sulfonamides is 1. The molecule has 1 aliphatic heterocycles. The van der Waals surface area contributed by atoms with Gasteiger partial charge >= 0.3 is 0 Å². The molecular weight excluding hydrogens is 464 g/mol. The van der Waals surface area contributed by atoms with Crippen molar-refractivity contribution in [2.45, 2.75) is 49.8 Å². The molecule has 35 heavy (non-hydrogen) atoms. The Balaban J connectivity index is 1.30. The minimum absolute atomic E-state index is 0.0137. The number of piperidine rings is 1. The first-order chi connectivity index (χ1) is 16.9. The second kappa shape index (κ2) is 11.2. The molecule has 1 N–H and O–H groups in total. The molecule has 3 aromatic rings. The van der Waals surface area contributed by atoms with Gasteiger partial charge in [-0.2, -0.15) is 4.31 Å². The van der Waals surface area contributed by atoms with Crippen molar-refractivity contribution in [1.29, 1.82) is 0 Å². The van der Waals surface area contributed by atoms with E-state index >= 15 is 0 Å². The van der Waals surface area contributed by atoms with Gasteiger partial charge in [-0.15, -0.1) is 0 Å². The largest absolute Gasteiger partial charge is 0.497 e. The molecule has 0 bridgehead atoms. The molecule has 188 valence electrons. The molecule has 0 aliphatic carbocycles. The Kier molecular flexibility index (Phi) is 8.07. The smallest absolute Gasteiger partial charge is 0.243 e. The first-order valence-electron chi connectivity index (χ1n) is 12.2. The highest BCUT2D eigenvalue weighted by Crippen LogP contribution is 2.25. The van der Waals surface area contributed by atoms with Gasteiger partial charge in [-0.1, -0.05) is 18.6 Å². The van der Waals surface area contributed by atoms with Crippen LogP contribution in [0.1, 0.15) is 43.5 Å². The van der Waals surface area contributed by atoms with Gasteiger partial charge in [-0.3, -0.25) is 4.79 Å². The second-order valence-electron chi connectivity index (χ2n) is 9.00. The number of aromatic nitrogens is 2. The molecule has 8 nitrogen and oxygen atoms in total. The highest BCUT2D eigenvalue weighted by Gasteiger charge is 2.26. The van der Waals surface area contributed by atoms with Crippen LogP contribution in [0.2, 0.25) is 0 Å². The lowest BCUT2D eigenvalue weighted by atomic mass is 10.1. The third-order valence-electron chi connectivity index (χ3n) is 6.60. The van der Waals surface area contributed by atoms with Crippen molar-refractivity contribution in [1.82, 2.24) is 19.2 Å². The summed E-state index contributed by atoms with van der Waals surface area (Å²) in [6.45, 7) is 1.76. The zero-order chi connectivity index (χ0) is 24.8. The summed E-state index contributed by atoms with van der Waals surface area (Å²) in [5.74, 6) is 1.59. The zero-order valence-electron chi connectivity index (χ0n) is 20.5. The lowest BCUT2D eigenvalue weighted by Crippen LogP contribution is -2.35. The van der Waals surface area contributed by atoms with Gasteiger partial charge in [0.15, 0.2) is 0 Å². The van der Waals surface area contributed by atoms with Gasteiger partial charge in [-0.05, 0) is 61.6 Å². The predicted molar refractivity (Wildman–Crippen MR) is 136 cm³/mol. The topological polar surface area (TPSA) is 93.5 Å². The lowest BCUT2D eigenvalue weighted by Gasteiger charge is -2.25. The fourth-order valence-electron chi connectivity index (χ4n) is 4.49. The zero-order valence-corrected chi connectivity index (χ0v) is 21.3. The quantitative estimate of drug-likeness (QED) is 0.432. The molecule has 1 aliphatic rings. The van der Waals surface area contributed by atoms with Crippen LogP contribution in [0.3, 0.4) is 0 Å². The molecule has 1 amide bonds. The maximum atomic E-state index is 13.0. The van der Waals surface area contributed by atoms with Gasteiger partial charge in [0.05, 0.1) is 23.0 Å². The molecule has 2 heterocycles. The number of ether oxygens (including phenoxy) is 1. The molecule has 0 atom stereocenters. The molecular formula is C26H34N4O4S. The summed E-state index contributed by atoms with van der Waals surface area (Å²) in [5, 5.41) is 2.98. The van der Waals surface area contributed by atoms with Crippen LogP contribution in [0.5, 0.6) is 5.75 Å². The van der Waals surface area contributed by atoms with E-state index in [1.807, 2.05) is 41.9 Å². The number of carbonyl (C=O) groups is 1. The Morgan fingerprint density at radius 2 is 1.80 bits per heavy atom. The standard InChI is InChI=1S/C26H34N4O4S/c1-29-24-13-12-22(35(32,33)30-17-4-3-5-18-30)19-23(24)28-25(29)14-15-26(31)27-16-6-7-20-8-10-21(34-2)11-9-20/h8-13,19H,3-7,14-18H2,1-2H3,(H,27,31). The fourth-order valence-corrected chi connectivity index (χ4v) is 6.03. The highest BCUT2D eigenvalue weighted by atomic mass is 32.2. The minimum atomic E-state index is -3.51. The number of nitrogens with one attached hydrogen (secondary N) is 1. The number of methoxy groups -OCH3 is 1. The molecule has 4 rings (SSSR count). The number of hydrogen-bond acceptors (Lipinski definition) is 5. The predicted octanol–water partition coefficient (Wildman–Crippen LogP) is 3.44. The van der Waals surface area contributed by atoms with E-state index in [4.69, 9.17) is 4.74 Å². The maximum absolute atomic E-state index is 13.0. The number of rotatable bonds is 10. The summed E-state index contributed by atoms with van der Waals surface area (Å²) >= 11 is 0. The number of benzene rings is 2. The van der Waals surface area contributed by atoms with E-state index in [9.17, 15) is 13.2 Å². The van der Waals surface area contributed by atoms with Crippen molar-refractivity contribution in [3.05, 3.63) is 53.9 Å². The Hall–Kier alpha value is -2.91. The molecule has 1 saturated heterocycles. The number of nitrogens with zero attached hydrogens (tertiary/aromatic N) is 3. The Morgan fingerprint density at radius 1 is 1.06 bits per heavy atom. The number of amides is 1. The van der Waals surface area contributed by atoms with Gasteiger partial charge in [0.1, 0.15) is 11.6 Å². The van der Waals surface area contributed by atoms with E-state index < -0.39 is 10.0 Å². The van der Waals surface area contributed by atoms with E-state index in [-0.39, 0.29) is 10.8 Å². The van der Waals surface area contributed by atoms with Gasteiger partial charge in [0, 0.05) is 39.5 Å². The average molecular weight is 499 g/mol. The van der Waals surface area contributed by atoms with E-state index in [0.717, 1.165) is 49.2 Å². The summed E-state index contributed by atoms with van der Waals surface area (Å²) in [7, 11) is 0.0425. The summed E-state index contributed by atoms with van der Waals surface area (Å²) in [4.78, 5) is 17.3. The van der Waals surface area contributed by atoms with Crippen molar-refractivity contribution in [2.24, 2.45) is 7.05 Å². The van der Waals surface area contributed by atoms with E-state index in [0.29, 0.717) is 38.0 Å². The van der Waals surface area contributed by atoms with Gasteiger partial charge < -0.3 is 14.6 Å². The van der Waals surface area contributed by atoms with E-state index in [2.05, 4.69) is 10.3 Å². The first-order valence-corrected chi connectivity index (χ1v) is 13.7. The van der Waals surface area contributed by atoms with Crippen molar-refractivity contribution in [3.8, 4) is 5.75 Å². The average Bonchev–Trinajstić information content (AvgIpc) is 3.21. The van der Waals surface area contributed by atoms with Crippen molar-refractivity contribution in [3.63, 3.8) is 0 Å². The van der Waals surface area contributed by atoms with Crippen LogP contribution >= 0.6 is 0 Å². The summed E-state index contributed by atoms with van der Waals surface area (Å²) in [6.07, 6.45) is 5.45. The SMILES string of the molecule is COc1ccc(CCCNC(=O)CCc2nc3cc(S(=O)(=O)N4CCCCC4)ccc3n2C)cc1. The molecule has 0 unspecified atom stereocenters. The molecule has 0 spiro atoms. The van der Waals surface area contributed by atoms with Crippen LogP contribution in [-0.4, -0.2) is 54.9 Å². The normalized spacial score (nSPS) is 14.8. The molecule has 2 aromatic carbocycles. The monoisotopic (exact) mass is 498 g/mol. The van der Waals surface area contributed by atoms with Crippen LogP contribution in [0.15, 0.2) is 47.4 Å². The van der Waals surface area contributed by atoms with Gasteiger partial charge in [0.25, 0.3) is 0 Å². The first kappa shape index (κ1) is 25.2. The number of fused-ring (bicyclic) bond motifs is 1. The number of aryl methyl sites for hydroxylation is 3. The molecule has 1 fully saturated rings. The molecule has 9 heteroatoms. The van der Waals surface area contributed by atoms with Crippen molar-refractivity contribution in [2.75, 3.05) is 26.7 Å². The minimum Gasteiger partial charge on any atom is -0.497 e. The maximum Gasteiger partial charge on any atom is 0.243 e. The third-order valence-corrected chi connectivity index (χ3v) is 8.49. The van der Waals surface area contributed by atoms with Crippen LogP contribution < -0.4 is 10.1 Å². The van der Waals surface area contributed by atoms with Crippen LogP contribution in [-0.2, 0) is 34.7 Å². The van der Waals surface area contributed by atoms with Gasteiger partial charge in [-0.25, -0.2) is 13.4 Å². The lowest BCUT2D eigenvalue weighted by molar-refractivity contribution is -0.121. The number of carbonyl (C=O) groups excluding carboxylic acids is 1. The molecule has 1 aromatic heterocycles.